The van der Waals surface area contributed by atoms with Crippen molar-refractivity contribution in [2.24, 2.45) is 0 Å². The van der Waals surface area contributed by atoms with Crippen LogP contribution in [0.15, 0.2) is 30.3 Å². The molecule has 0 aliphatic heterocycles. The third-order valence-electron chi connectivity index (χ3n) is 2.15. The first-order chi connectivity index (χ1) is 8.36. The second-order valence-corrected chi connectivity index (χ2v) is 8.81. The summed E-state index contributed by atoms with van der Waals surface area (Å²) < 4.78 is 89.9. The van der Waals surface area contributed by atoms with Gasteiger partial charge in [-0.15, -0.1) is 0 Å². The lowest BCUT2D eigenvalue weighted by Gasteiger charge is -2.24. The zero-order valence-electron chi connectivity index (χ0n) is 8.90. The van der Waals surface area contributed by atoms with Crippen LogP contribution in [0.4, 0.5) is 0 Å². The average molecular weight is 332 g/mol. The van der Waals surface area contributed by atoms with Crippen molar-refractivity contribution in [2.75, 3.05) is 0 Å². The molecule has 12 heteroatoms. The van der Waals surface area contributed by atoms with Gasteiger partial charge in [0.25, 0.3) is 0 Å². The quantitative estimate of drug-likeness (QED) is 0.614. The number of benzene rings is 1. The minimum absolute atomic E-state index is 0.690. The normalized spacial score (nSPS) is 14.3. The molecule has 108 valence electrons. The molecule has 0 atom stereocenters. The molecule has 0 aliphatic rings. The minimum atomic E-state index is -5.97. The summed E-state index contributed by atoms with van der Waals surface area (Å²) in [6.07, 6.45) is 0. The van der Waals surface area contributed by atoms with Crippen LogP contribution in [-0.2, 0) is 33.8 Å². The fraction of sp³-hybridized carbons (Fsp3) is 0.143. The van der Waals surface area contributed by atoms with Gasteiger partial charge in [-0.1, -0.05) is 30.3 Å². The van der Waals surface area contributed by atoms with E-state index in [0.717, 1.165) is 12.1 Å². The van der Waals surface area contributed by atoms with E-state index in [-0.39, 0.29) is 0 Å². The summed E-state index contributed by atoms with van der Waals surface area (Å²) >= 11 is 0. The van der Waals surface area contributed by atoms with Crippen LogP contribution in [-0.4, -0.2) is 38.9 Å². The van der Waals surface area contributed by atoms with Gasteiger partial charge in [0, 0.05) is 5.56 Å². The van der Waals surface area contributed by atoms with Gasteiger partial charge in [0.2, 0.25) is 0 Å². The van der Waals surface area contributed by atoms with Gasteiger partial charge in [0.1, 0.15) is 0 Å². The second-order valence-electron chi connectivity index (χ2n) is 3.35. The molecule has 3 N–H and O–H groups in total. The Morgan fingerprint density at radius 3 is 1.26 bits per heavy atom. The van der Waals surface area contributed by atoms with Gasteiger partial charge in [-0.25, -0.2) is 0 Å². The van der Waals surface area contributed by atoms with Crippen molar-refractivity contribution < 1.29 is 38.9 Å². The highest BCUT2D eigenvalue weighted by molar-refractivity contribution is 8.20. The minimum Gasteiger partial charge on any atom is -0.283 e. The summed E-state index contributed by atoms with van der Waals surface area (Å²) in [6, 6.07) is 4.76. The molecule has 0 radical (unpaired) electrons. The first-order valence-electron chi connectivity index (χ1n) is 4.32. The Kier molecular flexibility index (Phi) is 3.79. The molecule has 0 fully saturated rings. The molecule has 9 nitrogen and oxygen atoms in total. The molecule has 0 spiro atoms. The van der Waals surface area contributed by atoms with E-state index in [0.29, 0.717) is 12.1 Å². The van der Waals surface area contributed by atoms with Crippen LogP contribution in [0.1, 0.15) is 5.56 Å². The molecular formula is C7H8O9S3. The highest BCUT2D eigenvalue weighted by Gasteiger charge is 2.66. The van der Waals surface area contributed by atoms with Crippen LogP contribution in [0.25, 0.3) is 0 Å². The second kappa shape index (κ2) is 4.50. The Morgan fingerprint density at radius 1 is 0.684 bits per heavy atom. The molecular weight excluding hydrogens is 324 g/mol. The standard InChI is InChI=1S/C7H8O9S3/c8-17(9,10)7(18(11,12)13,19(14,15)16)6-4-2-1-3-5-6/h1-5H,(H,8,9,10)(H,11,12,13)(H,14,15,16). The van der Waals surface area contributed by atoms with Crippen molar-refractivity contribution in [3.63, 3.8) is 0 Å². The van der Waals surface area contributed by atoms with Crippen molar-refractivity contribution in [2.45, 2.75) is 3.41 Å². The first kappa shape index (κ1) is 16.0. The summed E-state index contributed by atoms with van der Waals surface area (Å²) in [5.74, 6) is 0. The molecule has 0 saturated heterocycles. The number of hydrogen-bond donors (Lipinski definition) is 3. The van der Waals surface area contributed by atoms with E-state index in [2.05, 4.69) is 0 Å². The summed E-state index contributed by atoms with van der Waals surface area (Å²) in [6.45, 7) is 0. The van der Waals surface area contributed by atoms with Crippen LogP contribution < -0.4 is 0 Å². The average Bonchev–Trinajstić information content (AvgIpc) is 2.12. The summed E-state index contributed by atoms with van der Waals surface area (Å²) in [5, 5.41) is 0. The third-order valence-corrected chi connectivity index (χ3v) is 8.68. The van der Waals surface area contributed by atoms with Crippen molar-refractivity contribution in [1.29, 1.82) is 0 Å². The van der Waals surface area contributed by atoms with Crippen LogP contribution in [0.5, 0.6) is 0 Å². The third kappa shape index (κ3) is 2.37. The van der Waals surface area contributed by atoms with E-state index in [1.165, 1.54) is 6.07 Å². The predicted molar refractivity (Wildman–Crippen MR) is 62.8 cm³/mol. The SMILES string of the molecule is O=S(=O)(O)C(c1ccccc1)(S(=O)(=O)O)S(=O)(=O)O. The Balaban J connectivity index is 4.12. The molecule has 0 heterocycles. The highest BCUT2D eigenvalue weighted by Crippen LogP contribution is 2.39. The Hall–Kier alpha value is -1.05. The zero-order valence-corrected chi connectivity index (χ0v) is 11.4. The molecule has 0 bridgehead atoms. The van der Waals surface area contributed by atoms with Gasteiger partial charge in [-0.05, 0) is 0 Å². The maximum absolute atomic E-state index is 11.2. The maximum atomic E-state index is 11.2. The van der Waals surface area contributed by atoms with Gasteiger partial charge in [-0.3, -0.25) is 13.7 Å². The van der Waals surface area contributed by atoms with Gasteiger partial charge >= 0.3 is 33.8 Å². The Morgan fingerprint density at radius 2 is 1.00 bits per heavy atom. The Labute approximate surface area is 109 Å². The fourth-order valence-corrected chi connectivity index (χ4v) is 5.98. The molecule has 0 amide bonds. The largest absolute Gasteiger partial charge is 0.370 e. The summed E-state index contributed by atoms with van der Waals surface area (Å²) in [5.41, 5.74) is -1.05. The van der Waals surface area contributed by atoms with Crippen molar-refractivity contribution in [1.82, 2.24) is 0 Å². The lowest BCUT2D eigenvalue weighted by molar-refractivity contribution is 0.425. The lowest BCUT2D eigenvalue weighted by Crippen LogP contribution is -2.49. The molecule has 1 rings (SSSR count). The molecule has 19 heavy (non-hydrogen) atoms. The van der Waals surface area contributed by atoms with Crippen LogP contribution >= 0.6 is 0 Å². The number of rotatable bonds is 4. The first-order valence-corrected chi connectivity index (χ1v) is 8.64. The van der Waals surface area contributed by atoms with E-state index in [4.69, 9.17) is 13.7 Å². The van der Waals surface area contributed by atoms with E-state index in [1.807, 2.05) is 0 Å². The van der Waals surface area contributed by atoms with Gasteiger partial charge < -0.3 is 0 Å². The van der Waals surface area contributed by atoms with Crippen LogP contribution in [0, 0.1) is 0 Å². The van der Waals surface area contributed by atoms with Gasteiger partial charge in [-0.2, -0.15) is 25.3 Å². The van der Waals surface area contributed by atoms with Crippen molar-refractivity contribution in [3.8, 4) is 0 Å². The highest BCUT2D eigenvalue weighted by atomic mass is 32.3. The van der Waals surface area contributed by atoms with Gasteiger partial charge in [0.05, 0.1) is 0 Å². The molecule has 0 aliphatic carbocycles. The molecule has 0 unspecified atom stereocenters. The molecule has 1 aromatic carbocycles. The fourth-order valence-electron chi connectivity index (χ4n) is 1.49. The molecule has 1 aromatic rings. The van der Waals surface area contributed by atoms with Crippen LogP contribution in [0.3, 0.4) is 0 Å². The van der Waals surface area contributed by atoms with E-state index in [1.54, 1.807) is 0 Å². The summed E-state index contributed by atoms with van der Waals surface area (Å²) in [4.78, 5) is 0. The maximum Gasteiger partial charge on any atom is 0.370 e. The predicted octanol–water partition coefficient (Wildman–Crippen LogP) is -0.540. The molecule has 0 saturated carbocycles. The van der Waals surface area contributed by atoms with E-state index in [9.17, 15) is 25.3 Å². The van der Waals surface area contributed by atoms with E-state index < -0.39 is 39.3 Å². The van der Waals surface area contributed by atoms with Gasteiger partial charge in [0.15, 0.2) is 0 Å². The van der Waals surface area contributed by atoms with E-state index >= 15 is 0 Å². The monoisotopic (exact) mass is 332 g/mol. The number of hydrogen-bond acceptors (Lipinski definition) is 6. The topological polar surface area (TPSA) is 163 Å². The van der Waals surface area contributed by atoms with Crippen molar-refractivity contribution in [3.05, 3.63) is 35.9 Å². The molecule has 0 aromatic heterocycles. The Bertz CT molecular complexity index is 695. The zero-order chi connectivity index (χ0) is 15.1. The van der Waals surface area contributed by atoms with Crippen LogP contribution in [0.2, 0.25) is 0 Å². The van der Waals surface area contributed by atoms with Crippen molar-refractivity contribution >= 4 is 30.4 Å². The lowest BCUT2D eigenvalue weighted by atomic mass is 10.2. The summed E-state index contributed by atoms with van der Waals surface area (Å²) in [7, 11) is -17.9. The smallest absolute Gasteiger partial charge is 0.283 e.